The lowest BCUT2D eigenvalue weighted by Crippen LogP contribution is -2.26. The molecule has 9 nitrogen and oxygen atoms in total. The van der Waals surface area contributed by atoms with Gasteiger partial charge in [-0.15, -0.1) is 0 Å². The van der Waals surface area contributed by atoms with E-state index in [4.69, 9.17) is 9.15 Å². The van der Waals surface area contributed by atoms with E-state index >= 15 is 0 Å². The molecule has 0 aliphatic rings. The molecule has 1 heterocycles. The molecule has 3 aromatic rings. The minimum atomic E-state index is -3.37. The molecule has 0 bridgehead atoms. The van der Waals surface area contributed by atoms with E-state index in [1.807, 2.05) is 0 Å². The predicted molar refractivity (Wildman–Crippen MR) is 120 cm³/mol. The molecule has 2 N–H and O–H groups in total. The number of carbonyl (C=O) groups excluding carboxylic acids is 2. The van der Waals surface area contributed by atoms with Gasteiger partial charge in [-0.05, 0) is 48.5 Å². The van der Waals surface area contributed by atoms with E-state index in [-0.39, 0.29) is 19.1 Å². The van der Waals surface area contributed by atoms with Crippen molar-refractivity contribution in [3.8, 4) is 5.75 Å². The van der Waals surface area contributed by atoms with Crippen LogP contribution in [0.4, 0.5) is 11.4 Å². The SMILES string of the molecule is CN(c1ccc(OCC(=O)Nc2ccccc2C(=O)NCc2ccco2)cc1)S(C)(=O)=O. The van der Waals surface area contributed by atoms with E-state index in [9.17, 15) is 18.0 Å². The van der Waals surface area contributed by atoms with Crippen LogP contribution in [0.2, 0.25) is 0 Å². The number of hydrogen-bond donors (Lipinski definition) is 2. The van der Waals surface area contributed by atoms with E-state index in [1.54, 1.807) is 60.7 Å². The molecule has 0 radical (unpaired) electrons. The van der Waals surface area contributed by atoms with Gasteiger partial charge in [0.25, 0.3) is 11.8 Å². The maximum atomic E-state index is 12.5. The number of furan rings is 1. The van der Waals surface area contributed by atoms with Crippen molar-refractivity contribution in [3.05, 3.63) is 78.3 Å². The summed E-state index contributed by atoms with van der Waals surface area (Å²) in [5.41, 5.74) is 1.13. The number of para-hydroxylation sites is 1. The number of benzene rings is 2. The highest BCUT2D eigenvalue weighted by atomic mass is 32.2. The molecular weight excluding hydrogens is 434 g/mol. The summed E-state index contributed by atoms with van der Waals surface area (Å²) in [5.74, 6) is 0.203. The zero-order valence-corrected chi connectivity index (χ0v) is 18.4. The lowest BCUT2D eigenvalue weighted by molar-refractivity contribution is -0.118. The number of nitrogens with one attached hydrogen (secondary N) is 2. The molecule has 0 unspecified atom stereocenters. The number of anilines is 2. The predicted octanol–water partition coefficient (Wildman–Crippen LogP) is 2.62. The first kappa shape index (κ1) is 22.9. The zero-order valence-electron chi connectivity index (χ0n) is 17.6. The maximum absolute atomic E-state index is 12.5. The van der Waals surface area contributed by atoms with Crippen LogP contribution < -0.4 is 19.7 Å². The van der Waals surface area contributed by atoms with Crippen molar-refractivity contribution >= 4 is 33.2 Å². The zero-order chi connectivity index (χ0) is 23.1. The van der Waals surface area contributed by atoms with Crippen LogP contribution in [0, 0.1) is 0 Å². The molecule has 0 saturated carbocycles. The van der Waals surface area contributed by atoms with Crippen molar-refractivity contribution in [1.82, 2.24) is 5.32 Å². The third kappa shape index (κ3) is 6.11. The summed E-state index contributed by atoms with van der Waals surface area (Å²) in [4.78, 5) is 24.8. The lowest BCUT2D eigenvalue weighted by Gasteiger charge is -2.17. The van der Waals surface area contributed by atoms with Crippen molar-refractivity contribution < 1.29 is 27.2 Å². The molecule has 0 spiro atoms. The average Bonchev–Trinajstić information content (AvgIpc) is 3.29. The average molecular weight is 458 g/mol. The lowest BCUT2D eigenvalue weighted by atomic mass is 10.1. The van der Waals surface area contributed by atoms with Gasteiger partial charge in [0.05, 0.1) is 36.0 Å². The highest BCUT2D eigenvalue weighted by Gasteiger charge is 2.14. The normalized spacial score (nSPS) is 10.9. The monoisotopic (exact) mass is 457 g/mol. The molecule has 32 heavy (non-hydrogen) atoms. The van der Waals surface area contributed by atoms with E-state index in [0.29, 0.717) is 28.4 Å². The van der Waals surface area contributed by atoms with Gasteiger partial charge in [-0.1, -0.05) is 12.1 Å². The van der Waals surface area contributed by atoms with Crippen LogP contribution in [0.3, 0.4) is 0 Å². The molecule has 2 amide bonds. The van der Waals surface area contributed by atoms with Gasteiger partial charge in [-0.3, -0.25) is 13.9 Å². The van der Waals surface area contributed by atoms with E-state index in [0.717, 1.165) is 10.6 Å². The number of sulfonamides is 1. The van der Waals surface area contributed by atoms with E-state index in [2.05, 4.69) is 10.6 Å². The topological polar surface area (TPSA) is 118 Å². The number of rotatable bonds is 9. The van der Waals surface area contributed by atoms with Crippen LogP contribution in [0.1, 0.15) is 16.1 Å². The van der Waals surface area contributed by atoms with Gasteiger partial charge < -0.3 is 19.8 Å². The molecule has 168 valence electrons. The second-order valence-electron chi connectivity index (χ2n) is 6.87. The van der Waals surface area contributed by atoms with Gasteiger partial charge in [0.1, 0.15) is 11.5 Å². The molecule has 0 fully saturated rings. The van der Waals surface area contributed by atoms with Gasteiger partial charge in [0.15, 0.2) is 6.61 Å². The number of hydrogen-bond acceptors (Lipinski definition) is 6. The summed E-state index contributed by atoms with van der Waals surface area (Å²) in [6, 6.07) is 16.4. The first-order chi connectivity index (χ1) is 15.2. The maximum Gasteiger partial charge on any atom is 0.262 e. The molecule has 3 rings (SSSR count). The number of amides is 2. The fourth-order valence-corrected chi connectivity index (χ4v) is 3.25. The Balaban J connectivity index is 1.56. The van der Waals surface area contributed by atoms with Gasteiger partial charge in [-0.25, -0.2) is 8.42 Å². The largest absolute Gasteiger partial charge is 0.484 e. The first-order valence-electron chi connectivity index (χ1n) is 9.60. The van der Waals surface area contributed by atoms with E-state index in [1.165, 1.54) is 13.3 Å². The van der Waals surface area contributed by atoms with Crippen LogP contribution in [0.25, 0.3) is 0 Å². The Bertz CT molecular complexity index is 1170. The standard InChI is InChI=1S/C22H23N3O6S/c1-25(32(2,28)29)16-9-11-17(12-10-16)31-15-21(26)24-20-8-4-3-7-19(20)22(27)23-14-18-6-5-13-30-18/h3-13H,14-15H2,1-2H3,(H,23,27)(H,24,26). The molecule has 1 aromatic heterocycles. The molecule has 0 aliphatic carbocycles. The Labute approximate surface area is 186 Å². The number of nitrogens with zero attached hydrogens (tertiary/aromatic N) is 1. The molecular formula is C22H23N3O6S. The molecule has 0 aliphatic heterocycles. The highest BCUT2D eigenvalue weighted by molar-refractivity contribution is 7.92. The summed E-state index contributed by atoms with van der Waals surface area (Å²) in [6.45, 7) is -0.0641. The third-order valence-corrected chi connectivity index (χ3v) is 5.72. The van der Waals surface area contributed by atoms with Gasteiger partial charge in [0, 0.05) is 7.05 Å². The summed E-state index contributed by atoms with van der Waals surface area (Å²) in [7, 11) is -1.92. The van der Waals surface area contributed by atoms with Crippen LogP contribution in [-0.2, 0) is 21.4 Å². The fourth-order valence-electron chi connectivity index (χ4n) is 2.74. The van der Waals surface area contributed by atoms with Crippen molar-refractivity contribution in [2.24, 2.45) is 0 Å². The molecule has 0 saturated heterocycles. The third-order valence-electron chi connectivity index (χ3n) is 4.52. The van der Waals surface area contributed by atoms with Gasteiger partial charge in [0.2, 0.25) is 10.0 Å². The first-order valence-corrected chi connectivity index (χ1v) is 11.4. The van der Waals surface area contributed by atoms with Crippen molar-refractivity contribution in [1.29, 1.82) is 0 Å². The van der Waals surface area contributed by atoms with Crippen LogP contribution in [-0.4, -0.2) is 40.1 Å². The Morgan fingerprint density at radius 3 is 2.41 bits per heavy atom. The number of carbonyl (C=O) groups is 2. The van der Waals surface area contributed by atoms with Crippen LogP contribution >= 0.6 is 0 Å². The summed E-state index contributed by atoms with van der Waals surface area (Å²) >= 11 is 0. The van der Waals surface area contributed by atoms with Gasteiger partial charge >= 0.3 is 0 Å². The van der Waals surface area contributed by atoms with Crippen molar-refractivity contribution in [2.75, 3.05) is 29.5 Å². The number of ether oxygens (including phenoxy) is 1. The minimum Gasteiger partial charge on any atom is -0.484 e. The smallest absolute Gasteiger partial charge is 0.262 e. The second kappa shape index (κ2) is 10.0. The summed E-state index contributed by atoms with van der Waals surface area (Å²) < 4.78 is 35.0. The highest BCUT2D eigenvalue weighted by Crippen LogP contribution is 2.20. The van der Waals surface area contributed by atoms with Crippen LogP contribution in [0.15, 0.2) is 71.3 Å². The Morgan fingerprint density at radius 1 is 1.03 bits per heavy atom. The van der Waals surface area contributed by atoms with Crippen molar-refractivity contribution in [3.63, 3.8) is 0 Å². The molecule has 0 atom stereocenters. The minimum absolute atomic E-state index is 0.224. The van der Waals surface area contributed by atoms with Crippen molar-refractivity contribution in [2.45, 2.75) is 6.54 Å². The van der Waals surface area contributed by atoms with E-state index < -0.39 is 15.9 Å². The molecule has 2 aromatic carbocycles. The fraction of sp³-hybridized carbons (Fsp3) is 0.182. The second-order valence-corrected chi connectivity index (χ2v) is 8.88. The summed E-state index contributed by atoms with van der Waals surface area (Å²) in [6.07, 6.45) is 2.63. The van der Waals surface area contributed by atoms with Gasteiger partial charge in [-0.2, -0.15) is 0 Å². The Kier molecular flexibility index (Phi) is 7.16. The van der Waals surface area contributed by atoms with Crippen LogP contribution in [0.5, 0.6) is 5.75 Å². The Hall–Kier alpha value is -3.79. The Morgan fingerprint density at radius 2 is 1.75 bits per heavy atom. The summed E-state index contributed by atoms with van der Waals surface area (Å²) in [5, 5.41) is 5.40. The quantitative estimate of drug-likeness (QED) is 0.510. The molecule has 10 heteroatoms.